The van der Waals surface area contributed by atoms with Gasteiger partial charge in [-0.2, -0.15) is 5.26 Å². The van der Waals surface area contributed by atoms with Crippen molar-refractivity contribution in [3.63, 3.8) is 0 Å². The van der Waals surface area contributed by atoms with E-state index in [0.29, 0.717) is 27.0 Å². The fourth-order valence-corrected chi connectivity index (χ4v) is 2.38. The maximum atomic E-state index is 12.4. The van der Waals surface area contributed by atoms with Crippen molar-refractivity contribution in [2.45, 2.75) is 20.0 Å². The fraction of sp³-hybridized carbons (Fsp3) is 0.158. The molecule has 0 spiro atoms. The molecule has 0 atom stereocenters. The lowest BCUT2D eigenvalue weighted by Crippen LogP contribution is -2.14. The summed E-state index contributed by atoms with van der Waals surface area (Å²) in [7, 11) is 0. The summed E-state index contributed by atoms with van der Waals surface area (Å²) in [5.41, 5.74) is 0.906. The van der Waals surface area contributed by atoms with Gasteiger partial charge in [-0.05, 0) is 44.2 Å². The Hall–Kier alpha value is -2.48. The highest BCUT2D eigenvalue weighted by atomic mass is 35.5. The SMILES string of the molecule is CC(C)Oc1ccccc1C=C(C#N)C(=O)Nc1cc(Cl)ccc1Cl. The molecule has 128 valence electrons. The molecule has 2 rings (SSSR count). The van der Waals surface area contributed by atoms with E-state index < -0.39 is 5.91 Å². The van der Waals surface area contributed by atoms with Gasteiger partial charge in [0.2, 0.25) is 0 Å². The molecule has 0 aliphatic heterocycles. The third-order valence-corrected chi connectivity index (χ3v) is 3.69. The van der Waals surface area contributed by atoms with E-state index in [9.17, 15) is 10.1 Å². The van der Waals surface area contributed by atoms with Gasteiger partial charge in [-0.1, -0.05) is 41.4 Å². The van der Waals surface area contributed by atoms with Crippen LogP contribution in [0, 0.1) is 11.3 Å². The van der Waals surface area contributed by atoms with Crippen LogP contribution in [0.1, 0.15) is 19.4 Å². The summed E-state index contributed by atoms with van der Waals surface area (Å²) in [6, 6.07) is 13.8. The van der Waals surface area contributed by atoms with Crippen LogP contribution < -0.4 is 10.1 Å². The number of hydrogen-bond acceptors (Lipinski definition) is 3. The molecule has 2 aromatic rings. The van der Waals surface area contributed by atoms with Crippen molar-refractivity contribution in [1.82, 2.24) is 0 Å². The average Bonchev–Trinajstić information content (AvgIpc) is 2.56. The van der Waals surface area contributed by atoms with Gasteiger partial charge in [-0.25, -0.2) is 0 Å². The van der Waals surface area contributed by atoms with E-state index in [1.165, 1.54) is 12.1 Å². The van der Waals surface area contributed by atoms with Gasteiger partial charge in [-0.3, -0.25) is 4.79 Å². The number of carbonyl (C=O) groups excluding carboxylic acids is 1. The van der Waals surface area contributed by atoms with Gasteiger partial charge in [-0.15, -0.1) is 0 Å². The van der Waals surface area contributed by atoms with Gasteiger partial charge < -0.3 is 10.1 Å². The standard InChI is InChI=1S/C19H16Cl2N2O2/c1-12(2)25-18-6-4-3-5-13(18)9-14(11-22)19(24)23-17-10-15(20)7-8-16(17)21/h3-10,12H,1-2H3,(H,23,24). The Morgan fingerprint density at radius 3 is 2.64 bits per heavy atom. The molecule has 0 saturated heterocycles. The minimum atomic E-state index is -0.578. The molecule has 6 heteroatoms. The molecule has 0 aliphatic carbocycles. The third-order valence-electron chi connectivity index (χ3n) is 3.12. The zero-order valence-electron chi connectivity index (χ0n) is 13.7. The van der Waals surface area contributed by atoms with Crippen LogP contribution in [0.5, 0.6) is 5.75 Å². The van der Waals surface area contributed by atoms with E-state index in [1.807, 2.05) is 26.0 Å². The molecule has 0 saturated carbocycles. The van der Waals surface area contributed by atoms with E-state index >= 15 is 0 Å². The molecule has 0 aromatic heterocycles. The Balaban J connectivity index is 2.30. The second kappa shape index (κ2) is 8.57. The maximum absolute atomic E-state index is 12.4. The number of benzene rings is 2. The lowest BCUT2D eigenvalue weighted by molar-refractivity contribution is -0.112. The highest BCUT2D eigenvalue weighted by Crippen LogP contribution is 2.27. The van der Waals surface area contributed by atoms with Crippen molar-refractivity contribution < 1.29 is 9.53 Å². The number of carbonyl (C=O) groups is 1. The molecule has 1 amide bonds. The number of halogens is 2. The normalized spacial score (nSPS) is 11.1. The second-order valence-electron chi connectivity index (χ2n) is 5.45. The van der Waals surface area contributed by atoms with Crippen LogP contribution in [0.4, 0.5) is 5.69 Å². The molecular formula is C19H16Cl2N2O2. The van der Waals surface area contributed by atoms with Gasteiger partial charge in [0.1, 0.15) is 17.4 Å². The lowest BCUT2D eigenvalue weighted by Gasteiger charge is -2.12. The van der Waals surface area contributed by atoms with Gasteiger partial charge in [0.15, 0.2) is 0 Å². The van der Waals surface area contributed by atoms with Crippen LogP contribution in [-0.4, -0.2) is 12.0 Å². The molecular weight excluding hydrogens is 359 g/mol. The molecule has 0 aliphatic rings. The van der Waals surface area contributed by atoms with Crippen molar-refractivity contribution >= 4 is 40.9 Å². The predicted molar refractivity (Wildman–Crippen MR) is 101 cm³/mol. The van der Waals surface area contributed by atoms with Crippen molar-refractivity contribution in [3.8, 4) is 11.8 Å². The zero-order chi connectivity index (χ0) is 18.4. The topological polar surface area (TPSA) is 62.1 Å². The Morgan fingerprint density at radius 2 is 1.96 bits per heavy atom. The number of nitrogens with one attached hydrogen (secondary N) is 1. The minimum Gasteiger partial charge on any atom is -0.490 e. The summed E-state index contributed by atoms with van der Waals surface area (Å²) in [5, 5.41) is 12.7. The molecule has 2 aromatic carbocycles. The van der Waals surface area contributed by atoms with Crippen LogP contribution in [0.15, 0.2) is 48.0 Å². The second-order valence-corrected chi connectivity index (χ2v) is 6.30. The number of hydrogen-bond donors (Lipinski definition) is 1. The van der Waals surface area contributed by atoms with Crippen molar-refractivity contribution in [2.24, 2.45) is 0 Å². The molecule has 0 fully saturated rings. The smallest absolute Gasteiger partial charge is 0.266 e. The number of amides is 1. The van der Waals surface area contributed by atoms with E-state index in [1.54, 1.807) is 30.3 Å². The van der Waals surface area contributed by atoms with Crippen molar-refractivity contribution in [3.05, 3.63) is 63.6 Å². The zero-order valence-corrected chi connectivity index (χ0v) is 15.2. The Bertz CT molecular complexity index is 855. The van der Waals surface area contributed by atoms with Gasteiger partial charge in [0.05, 0.1) is 16.8 Å². The number of nitrogens with zero attached hydrogens (tertiary/aromatic N) is 1. The first-order valence-electron chi connectivity index (χ1n) is 7.54. The lowest BCUT2D eigenvalue weighted by atomic mass is 10.1. The number of nitriles is 1. The van der Waals surface area contributed by atoms with Crippen LogP contribution >= 0.6 is 23.2 Å². The van der Waals surface area contributed by atoms with Crippen LogP contribution in [0.3, 0.4) is 0 Å². The highest BCUT2D eigenvalue weighted by Gasteiger charge is 2.13. The minimum absolute atomic E-state index is 0.0285. The van der Waals surface area contributed by atoms with Gasteiger partial charge in [0.25, 0.3) is 5.91 Å². The van der Waals surface area contributed by atoms with Gasteiger partial charge >= 0.3 is 0 Å². The molecule has 4 nitrogen and oxygen atoms in total. The summed E-state index contributed by atoms with van der Waals surface area (Å²) in [6.07, 6.45) is 1.45. The third kappa shape index (κ3) is 5.25. The van der Waals surface area contributed by atoms with Crippen LogP contribution in [0.2, 0.25) is 10.0 Å². The van der Waals surface area contributed by atoms with E-state index in [4.69, 9.17) is 27.9 Å². The maximum Gasteiger partial charge on any atom is 0.266 e. The first-order valence-corrected chi connectivity index (χ1v) is 8.30. The highest BCUT2D eigenvalue weighted by molar-refractivity contribution is 6.36. The van der Waals surface area contributed by atoms with E-state index in [-0.39, 0.29) is 11.7 Å². The van der Waals surface area contributed by atoms with Gasteiger partial charge in [0, 0.05) is 10.6 Å². The first-order chi connectivity index (χ1) is 11.9. The number of anilines is 1. The monoisotopic (exact) mass is 374 g/mol. The molecule has 0 heterocycles. The largest absolute Gasteiger partial charge is 0.490 e. The van der Waals surface area contributed by atoms with Crippen LogP contribution in [0.25, 0.3) is 6.08 Å². The summed E-state index contributed by atoms with van der Waals surface area (Å²) in [6.45, 7) is 3.80. The van der Waals surface area contributed by atoms with Crippen LogP contribution in [-0.2, 0) is 4.79 Å². The first kappa shape index (κ1) is 18.9. The molecule has 25 heavy (non-hydrogen) atoms. The Labute approximate surface area is 156 Å². The number of para-hydroxylation sites is 1. The average molecular weight is 375 g/mol. The molecule has 0 unspecified atom stereocenters. The summed E-state index contributed by atoms with van der Waals surface area (Å²) in [5.74, 6) is 0.0184. The number of ether oxygens (including phenoxy) is 1. The Morgan fingerprint density at radius 1 is 1.24 bits per heavy atom. The summed E-state index contributed by atoms with van der Waals surface area (Å²) >= 11 is 11.9. The fourth-order valence-electron chi connectivity index (χ4n) is 2.05. The molecule has 0 radical (unpaired) electrons. The predicted octanol–water partition coefficient (Wildman–Crippen LogP) is 5.33. The van der Waals surface area contributed by atoms with Crippen molar-refractivity contribution in [1.29, 1.82) is 5.26 Å². The Kier molecular flexibility index (Phi) is 6.46. The number of rotatable bonds is 5. The van der Waals surface area contributed by atoms with E-state index in [2.05, 4.69) is 5.32 Å². The quantitative estimate of drug-likeness (QED) is 0.568. The molecule has 0 bridgehead atoms. The molecule has 1 N–H and O–H groups in total. The van der Waals surface area contributed by atoms with Crippen molar-refractivity contribution in [2.75, 3.05) is 5.32 Å². The van der Waals surface area contributed by atoms with E-state index in [0.717, 1.165) is 0 Å². The summed E-state index contributed by atoms with van der Waals surface area (Å²) < 4.78 is 5.70. The summed E-state index contributed by atoms with van der Waals surface area (Å²) in [4.78, 5) is 12.4.